The van der Waals surface area contributed by atoms with Crippen LogP contribution in [-0.2, 0) is 4.79 Å². The van der Waals surface area contributed by atoms with Crippen molar-refractivity contribution in [3.05, 3.63) is 23.9 Å². The van der Waals surface area contributed by atoms with Gasteiger partial charge in [0.1, 0.15) is 5.82 Å². The Bertz CT molecular complexity index is 419. The van der Waals surface area contributed by atoms with Crippen molar-refractivity contribution in [3.63, 3.8) is 0 Å². The summed E-state index contributed by atoms with van der Waals surface area (Å²) in [5.74, 6) is 0.564. The molecule has 4 heteroatoms. The number of amides is 1. The smallest absolute Gasteiger partial charge is 0.230 e. The van der Waals surface area contributed by atoms with Gasteiger partial charge in [-0.1, -0.05) is 25.3 Å². The van der Waals surface area contributed by atoms with Crippen molar-refractivity contribution in [3.8, 4) is 0 Å². The van der Waals surface area contributed by atoms with Gasteiger partial charge in [-0.3, -0.25) is 4.79 Å². The molecule has 4 nitrogen and oxygen atoms in total. The molecule has 0 radical (unpaired) electrons. The SMILES string of the molecule is Cc1cccc(NC(=O)C2CCCCCC2N)n1. The molecule has 0 aromatic carbocycles. The van der Waals surface area contributed by atoms with Crippen LogP contribution in [0.3, 0.4) is 0 Å². The van der Waals surface area contributed by atoms with Gasteiger partial charge in [0.05, 0.1) is 5.92 Å². The van der Waals surface area contributed by atoms with Crippen molar-refractivity contribution in [2.45, 2.75) is 45.1 Å². The molecule has 0 saturated heterocycles. The number of carbonyl (C=O) groups excluding carboxylic acids is 1. The van der Waals surface area contributed by atoms with E-state index in [1.54, 1.807) is 0 Å². The molecule has 2 atom stereocenters. The van der Waals surface area contributed by atoms with Crippen LogP contribution in [-0.4, -0.2) is 16.9 Å². The molecule has 1 amide bonds. The fraction of sp³-hybridized carbons (Fsp3) is 0.571. The molecule has 3 N–H and O–H groups in total. The normalized spacial score (nSPS) is 24.3. The molecular formula is C14H21N3O. The van der Waals surface area contributed by atoms with E-state index in [-0.39, 0.29) is 17.9 Å². The second-order valence-corrected chi connectivity index (χ2v) is 5.06. The zero-order valence-electron chi connectivity index (χ0n) is 10.9. The fourth-order valence-electron chi connectivity index (χ4n) is 2.49. The minimum atomic E-state index is -0.0742. The predicted octanol–water partition coefficient (Wildman–Crippen LogP) is 2.24. The lowest BCUT2D eigenvalue weighted by atomic mass is 9.94. The molecule has 2 rings (SSSR count). The summed E-state index contributed by atoms with van der Waals surface area (Å²) < 4.78 is 0. The Morgan fingerprint density at radius 3 is 2.89 bits per heavy atom. The van der Waals surface area contributed by atoms with Gasteiger partial charge < -0.3 is 11.1 Å². The van der Waals surface area contributed by atoms with Crippen LogP contribution < -0.4 is 11.1 Å². The predicted molar refractivity (Wildman–Crippen MR) is 72.2 cm³/mol. The second kappa shape index (κ2) is 5.96. The third kappa shape index (κ3) is 3.29. The molecule has 0 spiro atoms. The average Bonchev–Trinajstić information content (AvgIpc) is 2.54. The van der Waals surface area contributed by atoms with Crippen LogP contribution in [0.4, 0.5) is 5.82 Å². The average molecular weight is 247 g/mol. The topological polar surface area (TPSA) is 68.0 Å². The molecule has 1 heterocycles. The van der Waals surface area contributed by atoms with Gasteiger partial charge in [-0.15, -0.1) is 0 Å². The summed E-state index contributed by atoms with van der Waals surface area (Å²) in [6.07, 6.45) is 5.24. The maximum absolute atomic E-state index is 12.2. The first-order valence-corrected chi connectivity index (χ1v) is 6.67. The molecule has 18 heavy (non-hydrogen) atoms. The molecule has 1 aromatic rings. The minimum Gasteiger partial charge on any atom is -0.327 e. The van der Waals surface area contributed by atoms with Gasteiger partial charge in [0, 0.05) is 11.7 Å². The summed E-state index contributed by atoms with van der Waals surface area (Å²) in [5.41, 5.74) is 6.98. The number of rotatable bonds is 2. The highest BCUT2D eigenvalue weighted by molar-refractivity contribution is 5.92. The van der Waals surface area contributed by atoms with Crippen molar-refractivity contribution in [1.29, 1.82) is 0 Å². The van der Waals surface area contributed by atoms with E-state index in [0.717, 1.165) is 31.4 Å². The van der Waals surface area contributed by atoms with Gasteiger partial charge >= 0.3 is 0 Å². The largest absolute Gasteiger partial charge is 0.327 e. The quantitative estimate of drug-likeness (QED) is 0.787. The maximum Gasteiger partial charge on any atom is 0.230 e. The van der Waals surface area contributed by atoms with E-state index in [1.807, 2.05) is 25.1 Å². The summed E-state index contributed by atoms with van der Waals surface area (Å²) in [6.45, 7) is 1.91. The Hall–Kier alpha value is -1.42. The molecule has 1 aliphatic carbocycles. The third-order valence-electron chi connectivity index (χ3n) is 3.55. The van der Waals surface area contributed by atoms with E-state index >= 15 is 0 Å². The van der Waals surface area contributed by atoms with Gasteiger partial charge in [0.25, 0.3) is 0 Å². The maximum atomic E-state index is 12.2. The fourth-order valence-corrected chi connectivity index (χ4v) is 2.49. The number of nitrogens with one attached hydrogen (secondary N) is 1. The molecule has 1 aliphatic rings. The number of nitrogens with zero attached hydrogens (tertiary/aromatic N) is 1. The Morgan fingerprint density at radius 2 is 2.11 bits per heavy atom. The molecule has 1 saturated carbocycles. The van der Waals surface area contributed by atoms with Crippen molar-refractivity contribution in [2.75, 3.05) is 5.32 Å². The van der Waals surface area contributed by atoms with Crippen molar-refractivity contribution < 1.29 is 4.79 Å². The van der Waals surface area contributed by atoms with Crippen LogP contribution >= 0.6 is 0 Å². The Morgan fingerprint density at radius 1 is 1.33 bits per heavy atom. The van der Waals surface area contributed by atoms with Crippen LogP contribution in [0.5, 0.6) is 0 Å². The number of hydrogen-bond acceptors (Lipinski definition) is 3. The van der Waals surface area contributed by atoms with Crippen LogP contribution in [0.25, 0.3) is 0 Å². The number of aryl methyl sites for hydroxylation is 1. The molecule has 1 aromatic heterocycles. The molecule has 0 bridgehead atoms. The molecular weight excluding hydrogens is 226 g/mol. The zero-order chi connectivity index (χ0) is 13.0. The highest BCUT2D eigenvalue weighted by Gasteiger charge is 2.27. The van der Waals surface area contributed by atoms with Gasteiger partial charge in [-0.25, -0.2) is 4.98 Å². The van der Waals surface area contributed by atoms with Crippen molar-refractivity contribution in [2.24, 2.45) is 11.7 Å². The third-order valence-corrected chi connectivity index (χ3v) is 3.55. The van der Waals surface area contributed by atoms with Gasteiger partial charge in [0.2, 0.25) is 5.91 Å². The molecule has 1 fully saturated rings. The van der Waals surface area contributed by atoms with Gasteiger partial charge in [-0.05, 0) is 31.9 Å². The first-order chi connectivity index (χ1) is 8.66. The van der Waals surface area contributed by atoms with Gasteiger partial charge in [-0.2, -0.15) is 0 Å². The molecule has 0 aliphatic heterocycles. The Balaban J connectivity index is 2.02. The molecule has 2 unspecified atom stereocenters. The highest BCUT2D eigenvalue weighted by Crippen LogP contribution is 2.23. The number of anilines is 1. The lowest BCUT2D eigenvalue weighted by Gasteiger charge is -2.20. The lowest BCUT2D eigenvalue weighted by Crippen LogP contribution is -2.38. The van der Waals surface area contributed by atoms with E-state index in [2.05, 4.69) is 10.3 Å². The van der Waals surface area contributed by atoms with E-state index in [0.29, 0.717) is 5.82 Å². The molecule has 98 valence electrons. The summed E-state index contributed by atoms with van der Waals surface area (Å²) >= 11 is 0. The summed E-state index contributed by atoms with van der Waals surface area (Å²) in [5, 5.41) is 2.88. The Kier molecular flexibility index (Phi) is 4.31. The van der Waals surface area contributed by atoms with Crippen LogP contribution in [0.15, 0.2) is 18.2 Å². The lowest BCUT2D eigenvalue weighted by molar-refractivity contribution is -0.120. The summed E-state index contributed by atoms with van der Waals surface area (Å²) in [6, 6.07) is 5.60. The van der Waals surface area contributed by atoms with Crippen LogP contribution in [0, 0.1) is 12.8 Å². The summed E-state index contributed by atoms with van der Waals surface area (Å²) in [4.78, 5) is 16.5. The highest BCUT2D eigenvalue weighted by atomic mass is 16.2. The van der Waals surface area contributed by atoms with Gasteiger partial charge in [0.15, 0.2) is 0 Å². The van der Waals surface area contributed by atoms with E-state index in [1.165, 1.54) is 6.42 Å². The minimum absolute atomic E-state index is 0.0162. The standard InChI is InChI=1S/C14H21N3O/c1-10-6-5-9-13(16-10)17-14(18)11-7-3-2-4-8-12(11)15/h5-6,9,11-12H,2-4,7-8,15H2,1H3,(H,16,17,18). The Labute approximate surface area is 108 Å². The first-order valence-electron chi connectivity index (χ1n) is 6.67. The number of hydrogen-bond donors (Lipinski definition) is 2. The number of carbonyl (C=O) groups is 1. The van der Waals surface area contributed by atoms with E-state index in [9.17, 15) is 4.79 Å². The van der Waals surface area contributed by atoms with Crippen LogP contribution in [0.2, 0.25) is 0 Å². The van der Waals surface area contributed by atoms with Crippen molar-refractivity contribution in [1.82, 2.24) is 4.98 Å². The monoisotopic (exact) mass is 247 g/mol. The summed E-state index contributed by atoms with van der Waals surface area (Å²) in [7, 11) is 0. The van der Waals surface area contributed by atoms with Crippen molar-refractivity contribution >= 4 is 11.7 Å². The number of pyridine rings is 1. The number of aromatic nitrogens is 1. The zero-order valence-corrected chi connectivity index (χ0v) is 10.9. The first kappa shape index (κ1) is 13.0. The van der Waals surface area contributed by atoms with E-state index < -0.39 is 0 Å². The number of nitrogens with two attached hydrogens (primary N) is 1. The van der Waals surface area contributed by atoms with Crippen LogP contribution in [0.1, 0.15) is 37.8 Å². The second-order valence-electron chi connectivity index (χ2n) is 5.06. The van der Waals surface area contributed by atoms with E-state index in [4.69, 9.17) is 5.73 Å².